The lowest BCUT2D eigenvalue weighted by atomic mass is 10.1. The SMILES string of the molecule is CCOC(=O)c1c(NCC(=O)c2ccc(OC)c(Cl)c2)sc2c1CCC2. The first-order valence-corrected chi connectivity index (χ1v) is 9.66. The third-order valence-electron chi connectivity index (χ3n) is 4.28. The van der Waals surface area contributed by atoms with Gasteiger partial charge in [0.15, 0.2) is 5.78 Å². The Labute approximate surface area is 161 Å². The van der Waals surface area contributed by atoms with Crippen LogP contribution in [0.25, 0.3) is 0 Å². The van der Waals surface area contributed by atoms with Gasteiger partial charge in [-0.25, -0.2) is 4.79 Å². The molecule has 1 aliphatic rings. The molecule has 1 aromatic carbocycles. The third kappa shape index (κ3) is 3.71. The minimum absolute atomic E-state index is 0.0778. The number of hydrogen-bond donors (Lipinski definition) is 1. The van der Waals surface area contributed by atoms with E-state index < -0.39 is 0 Å². The smallest absolute Gasteiger partial charge is 0.341 e. The number of Topliss-reactive ketones (excluding diaryl/α,β-unsaturated/α-hetero) is 1. The Hall–Kier alpha value is -2.05. The molecule has 0 unspecified atom stereocenters. The Bertz CT molecular complexity index is 846. The molecule has 0 spiro atoms. The molecule has 0 bridgehead atoms. The van der Waals surface area contributed by atoms with Gasteiger partial charge in [-0.05, 0) is 49.9 Å². The van der Waals surface area contributed by atoms with E-state index in [0.717, 1.165) is 24.8 Å². The number of ether oxygens (including phenoxy) is 2. The number of aryl methyl sites for hydroxylation is 1. The number of halogens is 1. The van der Waals surface area contributed by atoms with Crippen molar-refractivity contribution in [3.05, 3.63) is 44.8 Å². The van der Waals surface area contributed by atoms with E-state index in [9.17, 15) is 9.59 Å². The normalized spacial score (nSPS) is 12.6. The van der Waals surface area contributed by atoms with Crippen molar-refractivity contribution in [2.75, 3.05) is 25.6 Å². The Balaban J connectivity index is 1.76. The number of anilines is 1. The highest BCUT2D eigenvalue weighted by molar-refractivity contribution is 7.16. The highest BCUT2D eigenvalue weighted by Gasteiger charge is 2.27. The number of benzene rings is 1. The van der Waals surface area contributed by atoms with E-state index in [4.69, 9.17) is 21.1 Å². The molecule has 0 fully saturated rings. The fourth-order valence-electron chi connectivity index (χ4n) is 3.05. The molecule has 1 heterocycles. The number of thiophene rings is 1. The summed E-state index contributed by atoms with van der Waals surface area (Å²) in [6.45, 7) is 2.19. The second kappa shape index (κ2) is 8.10. The van der Waals surface area contributed by atoms with E-state index in [2.05, 4.69) is 5.32 Å². The van der Waals surface area contributed by atoms with E-state index in [1.807, 2.05) is 0 Å². The monoisotopic (exact) mass is 393 g/mol. The average molecular weight is 394 g/mol. The van der Waals surface area contributed by atoms with Crippen molar-refractivity contribution < 1.29 is 19.1 Å². The van der Waals surface area contributed by atoms with E-state index in [0.29, 0.717) is 33.5 Å². The fourth-order valence-corrected chi connectivity index (χ4v) is 4.58. The highest BCUT2D eigenvalue weighted by Crippen LogP contribution is 2.39. The van der Waals surface area contributed by atoms with Gasteiger partial charge in [0.25, 0.3) is 0 Å². The van der Waals surface area contributed by atoms with Crippen molar-refractivity contribution >= 4 is 39.7 Å². The van der Waals surface area contributed by atoms with Gasteiger partial charge in [-0.3, -0.25) is 4.79 Å². The van der Waals surface area contributed by atoms with Crippen molar-refractivity contribution in [2.24, 2.45) is 0 Å². The molecule has 1 N–H and O–H groups in total. The molecule has 0 saturated carbocycles. The third-order valence-corrected chi connectivity index (χ3v) is 5.83. The first kappa shape index (κ1) is 18.7. The number of esters is 1. The van der Waals surface area contributed by atoms with Gasteiger partial charge in [-0.1, -0.05) is 11.6 Å². The molecule has 0 atom stereocenters. The van der Waals surface area contributed by atoms with Crippen LogP contribution in [0.5, 0.6) is 5.75 Å². The van der Waals surface area contributed by atoms with Crippen LogP contribution in [0.1, 0.15) is 44.5 Å². The zero-order valence-corrected chi connectivity index (χ0v) is 16.3. The summed E-state index contributed by atoms with van der Waals surface area (Å²) in [5.74, 6) is 0.0858. The summed E-state index contributed by atoms with van der Waals surface area (Å²) < 4.78 is 10.3. The van der Waals surface area contributed by atoms with Crippen LogP contribution in [0.15, 0.2) is 18.2 Å². The first-order valence-electron chi connectivity index (χ1n) is 8.47. The second-order valence-electron chi connectivity index (χ2n) is 5.91. The summed E-state index contributed by atoms with van der Waals surface area (Å²) in [4.78, 5) is 26.0. The lowest BCUT2D eigenvalue weighted by molar-refractivity contribution is 0.0526. The number of fused-ring (bicyclic) bond motifs is 1. The maximum Gasteiger partial charge on any atom is 0.341 e. The van der Waals surface area contributed by atoms with Crippen molar-refractivity contribution in [3.8, 4) is 5.75 Å². The summed E-state index contributed by atoms with van der Waals surface area (Å²) >= 11 is 7.63. The molecule has 5 nitrogen and oxygen atoms in total. The minimum atomic E-state index is -0.325. The number of methoxy groups -OCH3 is 1. The number of carbonyl (C=O) groups is 2. The van der Waals surface area contributed by atoms with E-state index in [1.54, 1.807) is 25.1 Å². The van der Waals surface area contributed by atoms with Gasteiger partial charge < -0.3 is 14.8 Å². The molecular weight excluding hydrogens is 374 g/mol. The summed E-state index contributed by atoms with van der Waals surface area (Å²) in [7, 11) is 1.52. The first-order chi connectivity index (χ1) is 12.5. The molecule has 0 amide bonds. The number of carbonyl (C=O) groups excluding carboxylic acids is 2. The molecule has 138 valence electrons. The topological polar surface area (TPSA) is 64.6 Å². The lowest BCUT2D eigenvalue weighted by Gasteiger charge is -2.09. The van der Waals surface area contributed by atoms with Crippen LogP contribution in [0.4, 0.5) is 5.00 Å². The number of nitrogens with one attached hydrogen (secondary N) is 1. The number of rotatable bonds is 7. The molecule has 2 aromatic rings. The predicted octanol–water partition coefficient (Wildman–Crippen LogP) is 4.37. The molecule has 1 aromatic heterocycles. The van der Waals surface area contributed by atoms with Crippen LogP contribution < -0.4 is 10.1 Å². The van der Waals surface area contributed by atoms with Gasteiger partial charge >= 0.3 is 5.97 Å². The summed E-state index contributed by atoms with van der Waals surface area (Å²) in [5.41, 5.74) is 2.14. The molecule has 0 aliphatic heterocycles. The summed E-state index contributed by atoms with van der Waals surface area (Å²) in [6.07, 6.45) is 2.90. The van der Waals surface area contributed by atoms with E-state index >= 15 is 0 Å². The lowest BCUT2D eigenvalue weighted by Crippen LogP contribution is -2.16. The Morgan fingerprint density at radius 2 is 2.12 bits per heavy atom. The minimum Gasteiger partial charge on any atom is -0.495 e. The van der Waals surface area contributed by atoms with Gasteiger partial charge in [0.1, 0.15) is 10.8 Å². The molecule has 1 aliphatic carbocycles. The summed E-state index contributed by atoms with van der Waals surface area (Å²) in [6, 6.07) is 4.93. The van der Waals surface area contributed by atoms with Crippen molar-refractivity contribution in [3.63, 3.8) is 0 Å². The Morgan fingerprint density at radius 1 is 1.31 bits per heavy atom. The van der Waals surface area contributed by atoms with Crippen LogP contribution >= 0.6 is 22.9 Å². The number of ketones is 1. The Kier molecular flexibility index (Phi) is 5.84. The Morgan fingerprint density at radius 3 is 2.81 bits per heavy atom. The molecular formula is C19H20ClNO4S. The molecule has 3 rings (SSSR count). The molecule has 26 heavy (non-hydrogen) atoms. The summed E-state index contributed by atoms with van der Waals surface area (Å²) in [5, 5.41) is 4.22. The largest absolute Gasteiger partial charge is 0.495 e. The van der Waals surface area contributed by atoms with Crippen molar-refractivity contribution in [1.82, 2.24) is 0 Å². The van der Waals surface area contributed by atoms with Gasteiger partial charge in [-0.2, -0.15) is 0 Å². The quantitative estimate of drug-likeness (QED) is 0.559. The van der Waals surface area contributed by atoms with Crippen LogP contribution in [0.2, 0.25) is 5.02 Å². The van der Waals surface area contributed by atoms with Crippen molar-refractivity contribution in [1.29, 1.82) is 0 Å². The molecule has 0 radical (unpaired) electrons. The van der Waals surface area contributed by atoms with Crippen LogP contribution in [-0.2, 0) is 17.6 Å². The maximum atomic E-state index is 12.5. The molecule has 7 heteroatoms. The van der Waals surface area contributed by atoms with Gasteiger partial charge in [-0.15, -0.1) is 11.3 Å². The fraction of sp³-hybridized carbons (Fsp3) is 0.368. The average Bonchev–Trinajstić information content (AvgIpc) is 3.20. The van der Waals surface area contributed by atoms with Crippen LogP contribution in [0.3, 0.4) is 0 Å². The predicted molar refractivity (Wildman–Crippen MR) is 103 cm³/mol. The van der Waals surface area contributed by atoms with Gasteiger partial charge in [0.2, 0.25) is 0 Å². The van der Waals surface area contributed by atoms with E-state index in [-0.39, 0.29) is 18.3 Å². The van der Waals surface area contributed by atoms with E-state index in [1.165, 1.54) is 23.3 Å². The second-order valence-corrected chi connectivity index (χ2v) is 7.42. The molecule has 0 saturated heterocycles. The van der Waals surface area contributed by atoms with Gasteiger partial charge in [0.05, 0.1) is 30.8 Å². The number of hydrogen-bond acceptors (Lipinski definition) is 6. The zero-order valence-electron chi connectivity index (χ0n) is 14.7. The van der Waals surface area contributed by atoms with Crippen LogP contribution in [0, 0.1) is 0 Å². The standard InChI is InChI=1S/C19H20ClNO4S/c1-3-25-19(23)17-12-5-4-6-16(12)26-18(17)21-10-14(22)11-7-8-15(24-2)13(20)9-11/h7-9,21H,3-6,10H2,1-2H3. The maximum absolute atomic E-state index is 12.5. The van der Waals surface area contributed by atoms with Crippen LogP contribution in [-0.4, -0.2) is 32.0 Å². The van der Waals surface area contributed by atoms with Crippen molar-refractivity contribution in [2.45, 2.75) is 26.2 Å². The zero-order chi connectivity index (χ0) is 18.7. The highest BCUT2D eigenvalue weighted by atomic mass is 35.5. The van der Waals surface area contributed by atoms with Gasteiger partial charge in [0, 0.05) is 10.4 Å².